The first-order chi connectivity index (χ1) is 22.1. The predicted octanol–water partition coefficient (Wildman–Crippen LogP) is 13.1. The molecule has 0 aliphatic carbocycles. The van der Waals surface area contributed by atoms with Gasteiger partial charge in [-0.3, -0.25) is 0 Å². The van der Waals surface area contributed by atoms with Crippen LogP contribution in [-0.4, -0.2) is 34.5 Å². The molecule has 0 saturated carbocycles. The second-order valence-electron chi connectivity index (χ2n) is 13.0. The Labute approximate surface area is 281 Å². The Kier molecular flexibility index (Phi) is 43.3. The highest BCUT2D eigenvalue weighted by molar-refractivity contribution is 5.87. The average Bonchev–Trinajstić information content (AvgIpc) is 3.06. The SMILES string of the molecule is CCCCCCCCCCCCCCCCCCO.CCCCCCCCCCCCCCCCO.O=C(O)c1ccccc1. The Morgan fingerprint density at radius 3 is 0.800 bits per heavy atom. The number of aliphatic hydroxyl groups excluding tert-OH is 2. The van der Waals surface area contributed by atoms with Crippen molar-refractivity contribution in [2.75, 3.05) is 13.2 Å². The van der Waals surface area contributed by atoms with Crippen LogP contribution in [0.4, 0.5) is 0 Å². The minimum absolute atomic E-state index is 0.331. The van der Waals surface area contributed by atoms with Gasteiger partial charge in [-0.15, -0.1) is 0 Å². The second kappa shape index (κ2) is 42.6. The van der Waals surface area contributed by atoms with Crippen LogP contribution in [-0.2, 0) is 0 Å². The highest BCUT2D eigenvalue weighted by Crippen LogP contribution is 2.14. The third kappa shape index (κ3) is 42.6. The van der Waals surface area contributed by atoms with E-state index in [9.17, 15) is 4.79 Å². The molecule has 45 heavy (non-hydrogen) atoms. The van der Waals surface area contributed by atoms with Gasteiger partial charge < -0.3 is 15.3 Å². The normalized spacial score (nSPS) is 10.6. The Balaban J connectivity index is 0. The number of carbonyl (C=O) groups is 1. The number of carboxylic acids is 1. The van der Waals surface area contributed by atoms with Crippen molar-refractivity contribution in [2.24, 2.45) is 0 Å². The lowest BCUT2D eigenvalue weighted by Crippen LogP contribution is -1.93. The molecule has 1 aromatic rings. The number of carboxylic acid groups (broad SMARTS) is 1. The minimum Gasteiger partial charge on any atom is -0.478 e. The molecule has 4 nitrogen and oxygen atoms in total. The number of hydrogen-bond donors (Lipinski definition) is 3. The third-order valence-corrected chi connectivity index (χ3v) is 8.54. The van der Waals surface area contributed by atoms with E-state index in [-0.39, 0.29) is 0 Å². The summed E-state index contributed by atoms with van der Waals surface area (Å²) in [6.45, 7) is 5.31. The summed E-state index contributed by atoms with van der Waals surface area (Å²) in [5, 5.41) is 25.7. The maximum absolute atomic E-state index is 10.2. The molecule has 0 aliphatic rings. The van der Waals surface area contributed by atoms with Crippen LogP contribution in [0.5, 0.6) is 0 Å². The van der Waals surface area contributed by atoms with Gasteiger partial charge in [-0.1, -0.05) is 212 Å². The Morgan fingerprint density at radius 1 is 0.400 bits per heavy atom. The largest absolute Gasteiger partial charge is 0.478 e. The Morgan fingerprint density at radius 2 is 0.622 bits per heavy atom. The first-order valence-corrected chi connectivity index (χ1v) is 19.6. The van der Waals surface area contributed by atoms with Crippen LogP contribution in [0.3, 0.4) is 0 Å². The molecule has 0 unspecified atom stereocenters. The van der Waals surface area contributed by atoms with Gasteiger partial charge in [0.15, 0.2) is 0 Å². The summed E-state index contributed by atoms with van der Waals surface area (Å²) in [5.74, 6) is -0.879. The zero-order valence-electron chi connectivity index (χ0n) is 30.3. The number of rotatable bonds is 31. The van der Waals surface area contributed by atoms with Gasteiger partial charge in [0.2, 0.25) is 0 Å². The van der Waals surface area contributed by atoms with E-state index in [1.54, 1.807) is 30.3 Å². The van der Waals surface area contributed by atoms with Crippen molar-refractivity contribution in [1.29, 1.82) is 0 Å². The highest BCUT2D eigenvalue weighted by Gasteiger charge is 1.97. The van der Waals surface area contributed by atoms with E-state index in [0.717, 1.165) is 12.8 Å². The van der Waals surface area contributed by atoms with Gasteiger partial charge in [0.25, 0.3) is 0 Å². The van der Waals surface area contributed by atoms with Gasteiger partial charge >= 0.3 is 5.97 Å². The third-order valence-electron chi connectivity index (χ3n) is 8.54. The monoisotopic (exact) mass is 635 g/mol. The van der Waals surface area contributed by atoms with Gasteiger partial charge in [0.1, 0.15) is 0 Å². The van der Waals surface area contributed by atoms with Crippen LogP contribution in [0, 0.1) is 0 Å². The maximum atomic E-state index is 10.2. The number of aromatic carboxylic acids is 1. The molecule has 0 heterocycles. The maximum Gasteiger partial charge on any atom is 0.335 e. The lowest BCUT2D eigenvalue weighted by atomic mass is 10.0. The van der Waals surface area contributed by atoms with Gasteiger partial charge in [0.05, 0.1) is 5.56 Å². The van der Waals surface area contributed by atoms with Crippen molar-refractivity contribution >= 4 is 5.97 Å². The van der Waals surface area contributed by atoms with Gasteiger partial charge in [-0.25, -0.2) is 4.79 Å². The first-order valence-electron chi connectivity index (χ1n) is 19.6. The number of benzene rings is 1. The van der Waals surface area contributed by atoms with E-state index in [2.05, 4.69) is 13.8 Å². The van der Waals surface area contributed by atoms with Crippen LogP contribution in [0.15, 0.2) is 30.3 Å². The standard InChI is InChI=1S/C18H38O.C16H34O.C7H6O2/c1-2-3-4-5-6-7-8-9-10-11-12-13-14-15-16-17-18-19;1-2-3-4-5-6-7-8-9-10-11-12-13-14-15-16-17;8-7(9)6-4-2-1-3-5-6/h19H,2-18H2,1H3;17H,2-16H2,1H3;1-5H,(H,8,9). The molecule has 0 aromatic heterocycles. The van der Waals surface area contributed by atoms with E-state index in [1.165, 1.54) is 180 Å². The molecule has 0 radical (unpaired) electrons. The van der Waals surface area contributed by atoms with Crippen molar-refractivity contribution in [3.05, 3.63) is 35.9 Å². The van der Waals surface area contributed by atoms with Gasteiger partial charge in [0, 0.05) is 13.2 Å². The molecule has 266 valence electrons. The summed E-state index contributed by atoms with van der Waals surface area (Å²) in [5.41, 5.74) is 0.331. The van der Waals surface area contributed by atoms with Crippen LogP contribution in [0.2, 0.25) is 0 Å². The molecule has 0 aliphatic heterocycles. The summed E-state index contributed by atoms with van der Waals surface area (Å²) in [7, 11) is 0. The van der Waals surface area contributed by atoms with Crippen LogP contribution in [0.25, 0.3) is 0 Å². The number of aliphatic hydroxyl groups is 2. The molecule has 1 rings (SSSR count). The van der Waals surface area contributed by atoms with Crippen molar-refractivity contribution in [3.63, 3.8) is 0 Å². The lowest BCUT2D eigenvalue weighted by molar-refractivity contribution is 0.0697. The van der Waals surface area contributed by atoms with Crippen molar-refractivity contribution < 1.29 is 20.1 Å². The molecule has 0 amide bonds. The van der Waals surface area contributed by atoms with Gasteiger partial charge in [-0.2, -0.15) is 0 Å². The summed E-state index contributed by atoms with van der Waals surface area (Å²) in [4.78, 5) is 10.2. The lowest BCUT2D eigenvalue weighted by Gasteiger charge is -2.03. The molecular formula is C41H78O4. The van der Waals surface area contributed by atoms with E-state index in [1.807, 2.05) is 0 Å². The molecule has 4 heteroatoms. The van der Waals surface area contributed by atoms with Gasteiger partial charge in [-0.05, 0) is 25.0 Å². The van der Waals surface area contributed by atoms with Crippen molar-refractivity contribution in [3.8, 4) is 0 Å². The molecule has 0 fully saturated rings. The number of hydrogen-bond acceptors (Lipinski definition) is 3. The van der Waals surface area contributed by atoms with E-state index < -0.39 is 5.97 Å². The van der Waals surface area contributed by atoms with E-state index in [4.69, 9.17) is 15.3 Å². The first kappa shape index (κ1) is 45.7. The zero-order valence-corrected chi connectivity index (χ0v) is 30.3. The summed E-state index contributed by atoms with van der Waals surface area (Å²) in [6, 6.07) is 8.30. The molecule has 3 N–H and O–H groups in total. The number of unbranched alkanes of at least 4 members (excludes halogenated alkanes) is 28. The van der Waals surface area contributed by atoms with Crippen LogP contribution < -0.4 is 0 Å². The van der Waals surface area contributed by atoms with E-state index in [0.29, 0.717) is 18.8 Å². The summed E-state index contributed by atoms with van der Waals surface area (Å²) in [6.07, 6.45) is 41.4. The fourth-order valence-corrected chi connectivity index (χ4v) is 5.55. The molecular weight excluding hydrogens is 556 g/mol. The highest BCUT2D eigenvalue weighted by atomic mass is 16.4. The van der Waals surface area contributed by atoms with E-state index >= 15 is 0 Å². The molecule has 0 bridgehead atoms. The Hall–Kier alpha value is -1.39. The molecule has 0 atom stereocenters. The fourth-order valence-electron chi connectivity index (χ4n) is 5.55. The predicted molar refractivity (Wildman–Crippen MR) is 197 cm³/mol. The summed E-state index contributed by atoms with van der Waals surface area (Å²) >= 11 is 0. The minimum atomic E-state index is -0.879. The quantitative estimate of drug-likeness (QED) is 0.0710. The molecule has 0 saturated heterocycles. The summed E-state index contributed by atoms with van der Waals surface area (Å²) < 4.78 is 0. The van der Waals surface area contributed by atoms with Crippen LogP contribution in [0.1, 0.15) is 217 Å². The molecule has 0 spiro atoms. The van der Waals surface area contributed by atoms with Crippen LogP contribution >= 0.6 is 0 Å². The van der Waals surface area contributed by atoms with Crippen molar-refractivity contribution in [1.82, 2.24) is 0 Å². The molecule has 1 aromatic carbocycles. The Bertz CT molecular complexity index is 618. The fraction of sp³-hybridized carbons (Fsp3) is 0.829. The van der Waals surface area contributed by atoms with Crippen molar-refractivity contribution in [2.45, 2.75) is 206 Å². The smallest absolute Gasteiger partial charge is 0.335 e. The topological polar surface area (TPSA) is 77.8 Å². The average molecular weight is 635 g/mol. The second-order valence-corrected chi connectivity index (χ2v) is 13.0. The zero-order chi connectivity index (χ0) is 33.3.